The van der Waals surface area contributed by atoms with Crippen LogP contribution >= 0.6 is 0 Å². The van der Waals surface area contributed by atoms with Crippen molar-refractivity contribution in [2.75, 3.05) is 6.54 Å². The molecule has 2 amide bonds. The summed E-state index contributed by atoms with van der Waals surface area (Å²) < 4.78 is 0. The van der Waals surface area contributed by atoms with E-state index in [1.54, 1.807) is 6.92 Å². The molecule has 6 nitrogen and oxygen atoms in total. The number of hydrogen-bond acceptors (Lipinski definition) is 3. The van der Waals surface area contributed by atoms with E-state index in [4.69, 9.17) is 0 Å². The molecule has 0 spiro atoms. The van der Waals surface area contributed by atoms with E-state index in [9.17, 15) is 9.59 Å². The smallest absolute Gasteiger partial charge is 0.242 e. The first-order valence-electron chi connectivity index (χ1n) is 7.29. The average molecular weight is 294 g/mol. The third kappa shape index (κ3) is 5.57. The van der Waals surface area contributed by atoms with Crippen molar-refractivity contribution in [1.29, 1.82) is 0 Å². The maximum atomic E-state index is 11.9. The number of aromatic amines is 1. The van der Waals surface area contributed by atoms with Gasteiger partial charge in [0.1, 0.15) is 6.04 Å². The summed E-state index contributed by atoms with van der Waals surface area (Å²) in [4.78, 5) is 23.7. The predicted molar refractivity (Wildman–Crippen MR) is 81.7 cm³/mol. The largest absolute Gasteiger partial charge is 0.354 e. The molecule has 1 unspecified atom stereocenters. The lowest BCUT2D eigenvalue weighted by atomic mass is 9.95. The maximum Gasteiger partial charge on any atom is 0.242 e. The first kappa shape index (κ1) is 17.2. The fraction of sp³-hybridized carbons (Fsp3) is 0.667. The van der Waals surface area contributed by atoms with Gasteiger partial charge in [0.25, 0.3) is 0 Å². The Balaban J connectivity index is 2.27. The highest BCUT2D eigenvalue weighted by atomic mass is 16.2. The van der Waals surface area contributed by atoms with Gasteiger partial charge in [-0.3, -0.25) is 14.7 Å². The maximum absolute atomic E-state index is 11.9. The van der Waals surface area contributed by atoms with Crippen LogP contribution in [-0.2, 0) is 16.0 Å². The summed E-state index contributed by atoms with van der Waals surface area (Å²) in [5.74, 6) is -0.282. The van der Waals surface area contributed by atoms with Crippen LogP contribution in [0.15, 0.2) is 6.20 Å². The number of aromatic nitrogens is 2. The molecule has 0 fully saturated rings. The van der Waals surface area contributed by atoms with Crippen LogP contribution in [0.4, 0.5) is 0 Å². The Morgan fingerprint density at radius 3 is 2.57 bits per heavy atom. The number of aryl methyl sites for hydroxylation is 2. The number of amides is 2. The summed E-state index contributed by atoms with van der Waals surface area (Å²) in [6.07, 6.45) is 3.51. The van der Waals surface area contributed by atoms with Crippen LogP contribution in [0.1, 0.15) is 45.4 Å². The molecule has 118 valence electrons. The number of nitrogens with zero attached hydrogens (tertiary/aromatic N) is 1. The van der Waals surface area contributed by atoms with Gasteiger partial charge in [-0.25, -0.2) is 0 Å². The zero-order chi connectivity index (χ0) is 16.0. The van der Waals surface area contributed by atoms with E-state index in [2.05, 4.69) is 20.8 Å². The first-order chi connectivity index (χ1) is 9.71. The highest BCUT2D eigenvalue weighted by Crippen LogP contribution is 2.12. The summed E-state index contributed by atoms with van der Waals surface area (Å²) in [6.45, 7) is 9.71. The number of carbonyl (C=O) groups is 2. The van der Waals surface area contributed by atoms with Gasteiger partial charge in [-0.15, -0.1) is 0 Å². The zero-order valence-corrected chi connectivity index (χ0v) is 13.5. The van der Waals surface area contributed by atoms with Gasteiger partial charge >= 0.3 is 0 Å². The molecule has 0 bridgehead atoms. The molecule has 6 heteroatoms. The van der Waals surface area contributed by atoms with Crippen LogP contribution in [-0.4, -0.2) is 34.6 Å². The first-order valence-corrected chi connectivity index (χ1v) is 7.29. The number of hydrogen-bond donors (Lipinski definition) is 3. The van der Waals surface area contributed by atoms with E-state index in [1.807, 2.05) is 33.9 Å². The molecule has 3 N–H and O–H groups in total. The summed E-state index contributed by atoms with van der Waals surface area (Å²) in [5.41, 5.74) is 1.73. The summed E-state index contributed by atoms with van der Waals surface area (Å²) >= 11 is 0. The molecule has 0 aromatic carbocycles. The van der Waals surface area contributed by atoms with Crippen molar-refractivity contribution < 1.29 is 9.59 Å². The normalized spacial score (nSPS) is 12.8. The van der Waals surface area contributed by atoms with Crippen molar-refractivity contribution in [2.24, 2.45) is 5.41 Å². The lowest BCUT2D eigenvalue weighted by Gasteiger charge is -2.21. The van der Waals surface area contributed by atoms with E-state index in [0.29, 0.717) is 6.54 Å². The van der Waals surface area contributed by atoms with Gasteiger partial charge in [0.15, 0.2) is 0 Å². The molecule has 0 radical (unpaired) electrons. The molecule has 21 heavy (non-hydrogen) atoms. The second kappa shape index (κ2) is 7.24. The van der Waals surface area contributed by atoms with E-state index in [1.165, 1.54) is 5.56 Å². The van der Waals surface area contributed by atoms with Crippen molar-refractivity contribution in [3.05, 3.63) is 17.5 Å². The fourth-order valence-electron chi connectivity index (χ4n) is 1.75. The lowest BCUT2D eigenvalue weighted by molar-refractivity contribution is -0.133. The molecule has 0 aliphatic carbocycles. The highest BCUT2D eigenvalue weighted by Gasteiger charge is 2.24. The Morgan fingerprint density at radius 2 is 2.05 bits per heavy atom. The molecule has 0 saturated carbocycles. The molecule has 0 saturated heterocycles. The van der Waals surface area contributed by atoms with Gasteiger partial charge in [-0.05, 0) is 32.3 Å². The molecule has 1 rings (SSSR count). The minimum Gasteiger partial charge on any atom is -0.354 e. The highest BCUT2D eigenvalue weighted by molar-refractivity contribution is 5.89. The molecule has 0 aliphatic heterocycles. The van der Waals surface area contributed by atoms with Crippen molar-refractivity contribution in [1.82, 2.24) is 20.8 Å². The third-order valence-electron chi connectivity index (χ3n) is 3.28. The SMILES string of the molecule is Cc1[nH]ncc1CCCNC(=O)C(C)NC(=O)C(C)(C)C. The number of nitrogens with one attached hydrogen (secondary N) is 3. The van der Waals surface area contributed by atoms with Gasteiger partial charge in [-0.2, -0.15) is 5.10 Å². The van der Waals surface area contributed by atoms with Crippen molar-refractivity contribution >= 4 is 11.8 Å². The Morgan fingerprint density at radius 1 is 1.38 bits per heavy atom. The van der Waals surface area contributed by atoms with E-state index < -0.39 is 11.5 Å². The summed E-state index contributed by atoms with van der Waals surface area (Å²) in [7, 11) is 0. The van der Waals surface area contributed by atoms with Gasteiger partial charge < -0.3 is 10.6 Å². The van der Waals surface area contributed by atoms with E-state index in [0.717, 1.165) is 18.5 Å². The van der Waals surface area contributed by atoms with Crippen molar-refractivity contribution in [3.63, 3.8) is 0 Å². The second-order valence-corrected chi connectivity index (χ2v) is 6.36. The lowest BCUT2D eigenvalue weighted by Crippen LogP contribution is -2.48. The Kier molecular flexibility index (Phi) is 5.93. The molecule has 1 aromatic heterocycles. The molecule has 0 aliphatic rings. The average Bonchev–Trinajstić information content (AvgIpc) is 2.78. The monoisotopic (exact) mass is 294 g/mol. The number of carbonyl (C=O) groups excluding carboxylic acids is 2. The Hall–Kier alpha value is -1.85. The summed E-state index contributed by atoms with van der Waals surface area (Å²) in [6, 6.07) is -0.521. The van der Waals surface area contributed by atoms with Gasteiger partial charge in [0, 0.05) is 17.7 Å². The van der Waals surface area contributed by atoms with Crippen LogP contribution in [0.3, 0.4) is 0 Å². The van der Waals surface area contributed by atoms with Crippen LogP contribution in [0, 0.1) is 12.3 Å². The van der Waals surface area contributed by atoms with Gasteiger partial charge in [-0.1, -0.05) is 20.8 Å². The van der Waals surface area contributed by atoms with E-state index >= 15 is 0 Å². The number of rotatable bonds is 6. The van der Waals surface area contributed by atoms with Gasteiger partial charge in [0.2, 0.25) is 11.8 Å². The minimum atomic E-state index is -0.521. The molecule has 1 aromatic rings. The molecular weight excluding hydrogens is 268 g/mol. The predicted octanol–water partition coefficient (Wildman–Crippen LogP) is 1.32. The van der Waals surface area contributed by atoms with Crippen LogP contribution < -0.4 is 10.6 Å². The third-order valence-corrected chi connectivity index (χ3v) is 3.28. The zero-order valence-electron chi connectivity index (χ0n) is 13.5. The van der Waals surface area contributed by atoms with Crippen LogP contribution in [0.25, 0.3) is 0 Å². The quantitative estimate of drug-likeness (QED) is 0.691. The Labute approximate surface area is 126 Å². The molecular formula is C15H26N4O2. The van der Waals surface area contributed by atoms with Gasteiger partial charge in [0.05, 0.1) is 6.20 Å². The van der Waals surface area contributed by atoms with Crippen molar-refractivity contribution in [2.45, 2.75) is 53.5 Å². The molecule has 1 heterocycles. The summed E-state index contributed by atoms with van der Waals surface area (Å²) in [5, 5.41) is 12.4. The Bertz CT molecular complexity index is 488. The minimum absolute atomic E-state index is 0.126. The van der Waals surface area contributed by atoms with Crippen molar-refractivity contribution in [3.8, 4) is 0 Å². The fourth-order valence-corrected chi connectivity index (χ4v) is 1.75. The van der Waals surface area contributed by atoms with Crippen LogP contribution in [0.5, 0.6) is 0 Å². The number of H-pyrrole nitrogens is 1. The molecule has 1 atom stereocenters. The van der Waals surface area contributed by atoms with Crippen LogP contribution in [0.2, 0.25) is 0 Å². The second-order valence-electron chi connectivity index (χ2n) is 6.36. The standard InChI is InChI=1S/C15H26N4O2/c1-10-12(9-17-19-10)7-6-8-16-13(20)11(2)18-14(21)15(3,4)5/h9,11H,6-8H2,1-5H3,(H,16,20)(H,17,19)(H,18,21). The topological polar surface area (TPSA) is 86.9 Å². The van der Waals surface area contributed by atoms with E-state index in [-0.39, 0.29) is 11.8 Å².